The lowest BCUT2D eigenvalue weighted by atomic mass is 9.86. The number of nitrogens with zero attached hydrogens (tertiary/aromatic N) is 9. The van der Waals surface area contributed by atoms with Crippen LogP contribution in [-0.2, 0) is 17.8 Å². The summed E-state index contributed by atoms with van der Waals surface area (Å²) in [5.74, 6) is 3.15. The number of piperidine rings is 2. The summed E-state index contributed by atoms with van der Waals surface area (Å²) in [7, 11) is 0. The first-order valence-corrected chi connectivity index (χ1v) is 33.7. The number of piperazine rings is 2. The summed E-state index contributed by atoms with van der Waals surface area (Å²) in [5, 5.41) is 29.2. The smallest absolute Gasteiger partial charge is 0.410 e. The number of rotatable bonds is 16. The molecular weight excluding hydrogens is 1120 g/mol. The fourth-order valence-electron chi connectivity index (χ4n) is 14.7. The lowest BCUT2D eigenvalue weighted by Crippen LogP contribution is -2.49. The van der Waals surface area contributed by atoms with Crippen LogP contribution in [0.5, 0.6) is 0 Å². The van der Waals surface area contributed by atoms with Crippen molar-refractivity contribution in [1.82, 2.24) is 48.9 Å². The molecule has 480 valence electrons. The highest BCUT2D eigenvalue weighted by molar-refractivity contribution is 6.05. The third-order valence-corrected chi connectivity index (χ3v) is 19.9. The van der Waals surface area contributed by atoms with E-state index in [0.717, 1.165) is 188 Å². The third kappa shape index (κ3) is 17.0. The van der Waals surface area contributed by atoms with E-state index in [1.54, 1.807) is 0 Å². The quantitative estimate of drug-likeness (QED) is 0.0616. The number of benzene rings is 4. The standard InChI is InChI=1S/C38H54N6O4.C33H46N6O2/c1-27-6-5-7-31(22-27)35(46)40-36-39-33-23-30(10-13-34(33)44(36)32-11-8-29(26-45)9-12-32)25-42-20-18-41(19-21-42)24-28-14-16-43(17-15-28)37(47)48-38(2,3)4;1-24-3-2-4-28(19-24)32(41)36-33-35-30-20-27(7-10-31(30)39(33)29-8-5-26(23-40)6-9-29)22-38-17-15-37(16-18-38)21-25-11-13-34-14-12-25/h5-7,10,13,22-23,28-29,32,45H,8-9,11-12,14-21,24-26H2,1-4H3,(H,39,40,46);2-4,7,10,19-20,25-26,29,34,40H,5-6,8-9,11-18,21-23H2,1H3,(H,35,36,41). The largest absolute Gasteiger partial charge is 0.444 e. The van der Waals surface area contributed by atoms with E-state index in [-0.39, 0.29) is 43.2 Å². The lowest BCUT2D eigenvalue weighted by molar-refractivity contribution is 0.0158. The van der Waals surface area contributed by atoms with Crippen LogP contribution >= 0.6 is 0 Å². The second kappa shape index (κ2) is 29.8. The van der Waals surface area contributed by atoms with Crippen LogP contribution in [0.2, 0.25) is 0 Å². The molecule has 6 aromatic rings. The van der Waals surface area contributed by atoms with Crippen LogP contribution in [0, 0.1) is 37.5 Å². The second-order valence-electron chi connectivity index (χ2n) is 27.9. The van der Waals surface area contributed by atoms with E-state index in [1.165, 1.54) is 43.6 Å². The van der Waals surface area contributed by atoms with Gasteiger partial charge in [0.1, 0.15) is 5.60 Å². The van der Waals surface area contributed by atoms with Gasteiger partial charge in [-0.2, -0.15) is 0 Å². The number of hydrogen-bond donors (Lipinski definition) is 5. The number of anilines is 2. The zero-order valence-corrected chi connectivity index (χ0v) is 53.8. The number of imidazole rings is 2. The molecule has 2 aromatic heterocycles. The Morgan fingerprint density at radius 2 is 0.933 bits per heavy atom. The number of aliphatic hydroxyl groups is 2. The minimum Gasteiger partial charge on any atom is -0.444 e. The SMILES string of the molecule is Cc1cccc(C(=O)Nc2nc3cc(CN4CCN(CC5CCN(C(=O)OC(C)(C)C)CC5)CC4)ccc3n2C2CCC(CO)CC2)c1.Cc1cccc(C(=O)Nc2nc3cc(CN4CCN(CC5CCNCC5)CC4)ccc3n2C2CCC(CO)CC2)c1. The number of aryl methyl sites for hydroxylation is 2. The van der Waals surface area contributed by atoms with Crippen LogP contribution in [0.4, 0.5) is 16.7 Å². The van der Waals surface area contributed by atoms with Gasteiger partial charge in [-0.05, 0) is 208 Å². The lowest BCUT2D eigenvalue weighted by Gasteiger charge is -2.39. The molecule has 3 amide bonds. The highest BCUT2D eigenvalue weighted by Crippen LogP contribution is 2.39. The molecule has 6 aliphatic rings. The number of carbonyl (C=O) groups excluding carboxylic acids is 3. The normalized spacial score (nSPS) is 22.4. The summed E-state index contributed by atoms with van der Waals surface area (Å²) >= 11 is 0. The number of hydrogen-bond acceptors (Lipinski definition) is 13. The van der Waals surface area contributed by atoms with E-state index < -0.39 is 5.60 Å². The summed E-state index contributed by atoms with van der Waals surface area (Å²) in [6.07, 6.45) is 12.3. The zero-order chi connectivity index (χ0) is 62.0. The number of nitrogens with one attached hydrogen (secondary N) is 3. The van der Waals surface area contributed by atoms with Crippen molar-refractivity contribution >= 4 is 51.9 Å². The maximum atomic E-state index is 13.3. The fraction of sp³-hybridized carbons (Fsp3) is 0.592. The Balaban J connectivity index is 0.000000186. The third-order valence-electron chi connectivity index (χ3n) is 19.9. The number of aliphatic hydroxyl groups excluding tert-OH is 2. The Morgan fingerprint density at radius 3 is 1.34 bits per heavy atom. The molecule has 18 heteroatoms. The van der Waals surface area contributed by atoms with Crippen LogP contribution in [0.1, 0.15) is 153 Å². The van der Waals surface area contributed by atoms with E-state index in [9.17, 15) is 24.6 Å². The van der Waals surface area contributed by atoms with Gasteiger partial charge in [0.15, 0.2) is 0 Å². The highest BCUT2D eigenvalue weighted by Gasteiger charge is 2.32. The van der Waals surface area contributed by atoms with Crippen molar-refractivity contribution in [1.29, 1.82) is 0 Å². The Bertz CT molecular complexity index is 3310. The molecule has 6 fully saturated rings. The van der Waals surface area contributed by atoms with Crippen molar-refractivity contribution in [3.05, 3.63) is 118 Å². The van der Waals surface area contributed by atoms with Crippen molar-refractivity contribution < 1.29 is 29.3 Å². The average Bonchev–Trinajstić information content (AvgIpc) is 1.80. The molecule has 4 aliphatic heterocycles. The van der Waals surface area contributed by atoms with Crippen LogP contribution in [0.3, 0.4) is 0 Å². The molecule has 0 unspecified atom stereocenters. The zero-order valence-electron chi connectivity index (χ0n) is 53.8. The maximum absolute atomic E-state index is 13.3. The van der Waals surface area contributed by atoms with E-state index >= 15 is 0 Å². The van der Waals surface area contributed by atoms with Gasteiger partial charge >= 0.3 is 6.09 Å². The van der Waals surface area contributed by atoms with Crippen molar-refractivity contribution in [3.63, 3.8) is 0 Å². The monoisotopic (exact) mass is 1220 g/mol. The summed E-state index contributed by atoms with van der Waals surface area (Å²) < 4.78 is 10.0. The van der Waals surface area contributed by atoms with Crippen molar-refractivity contribution in [3.8, 4) is 0 Å². The Morgan fingerprint density at radius 1 is 0.517 bits per heavy atom. The van der Waals surface area contributed by atoms with E-state index in [2.05, 4.69) is 81.1 Å². The van der Waals surface area contributed by atoms with Crippen molar-refractivity contribution in [2.24, 2.45) is 23.7 Å². The maximum Gasteiger partial charge on any atom is 0.410 e. The molecule has 18 nitrogen and oxygen atoms in total. The van der Waals surface area contributed by atoms with Gasteiger partial charge in [0.2, 0.25) is 11.9 Å². The molecule has 4 saturated heterocycles. The van der Waals surface area contributed by atoms with Gasteiger partial charge in [0.25, 0.3) is 11.8 Å². The second-order valence-corrected chi connectivity index (χ2v) is 27.9. The van der Waals surface area contributed by atoms with Gasteiger partial charge in [0.05, 0.1) is 22.1 Å². The van der Waals surface area contributed by atoms with Crippen molar-refractivity contribution in [2.75, 3.05) is 115 Å². The van der Waals surface area contributed by atoms with Gasteiger partial charge < -0.3 is 44.1 Å². The number of ether oxygens (including phenoxy) is 1. The number of fused-ring (bicyclic) bond motifs is 2. The summed E-state index contributed by atoms with van der Waals surface area (Å²) in [6, 6.07) is 29.1. The molecular formula is C71H100N12O6. The summed E-state index contributed by atoms with van der Waals surface area (Å²) in [4.78, 5) is 61.2. The number of amides is 3. The Kier molecular flexibility index (Phi) is 21.5. The molecule has 4 aromatic carbocycles. The Labute approximate surface area is 527 Å². The molecule has 0 radical (unpaired) electrons. The first-order valence-electron chi connectivity index (χ1n) is 33.7. The summed E-state index contributed by atoms with van der Waals surface area (Å²) in [5.41, 5.74) is 9.41. The van der Waals surface area contributed by atoms with Gasteiger partial charge in [-0.15, -0.1) is 0 Å². The van der Waals surface area contributed by atoms with Gasteiger partial charge in [-0.1, -0.05) is 47.5 Å². The molecule has 6 heterocycles. The van der Waals surface area contributed by atoms with Crippen molar-refractivity contribution in [2.45, 2.75) is 142 Å². The van der Waals surface area contributed by atoms with Gasteiger partial charge in [0, 0.05) is 128 Å². The molecule has 5 N–H and O–H groups in total. The number of carbonyl (C=O) groups is 3. The van der Waals surface area contributed by atoms with E-state index in [1.807, 2.05) is 88.0 Å². The molecule has 2 saturated carbocycles. The van der Waals surface area contributed by atoms with E-state index in [0.29, 0.717) is 40.8 Å². The minimum atomic E-state index is -0.454. The molecule has 2 aliphatic carbocycles. The minimum absolute atomic E-state index is 0.128. The molecule has 0 bridgehead atoms. The molecule has 0 spiro atoms. The molecule has 89 heavy (non-hydrogen) atoms. The molecule has 12 rings (SSSR count). The number of aromatic nitrogens is 4. The Hall–Kier alpha value is -6.25. The number of likely N-dealkylation sites (tertiary alicyclic amines) is 1. The predicted octanol–water partition coefficient (Wildman–Crippen LogP) is 10.5. The predicted molar refractivity (Wildman–Crippen MR) is 353 cm³/mol. The van der Waals surface area contributed by atoms with Gasteiger partial charge in [-0.3, -0.25) is 30.0 Å². The van der Waals surface area contributed by atoms with Crippen LogP contribution in [0.15, 0.2) is 84.9 Å². The molecule has 0 atom stereocenters. The van der Waals surface area contributed by atoms with Gasteiger partial charge in [-0.25, -0.2) is 14.8 Å². The van der Waals surface area contributed by atoms with Crippen LogP contribution in [0.25, 0.3) is 22.1 Å². The van der Waals surface area contributed by atoms with E-state index in [4.69, 9.17) is 14.7 Å². The van der Waals surface area contributed by atoms with Crippen LogP contribution < -0.4 is 16.0 Å². The topological polar surface area (TPSA) is 189 Å². The first-order chi connectivity index (χ1) is 43.1. The summed E-state index contributed by atoms with van der Waals surface area (Å²) in [6.45, 7) is 26.9. The average molecular weight is 1220 g/mol. The first kappa shape index (κ1) is 64.3. The highest BCUT2D eigenvalue weighted by atomic mass is 16.6. The fourth-order valence-corrected chi connectivity index (χ4v) is 14.7. The van der Waals surface area contributed by atoms with Crippen LogP contribution in [-0.4, -0.2) is 182 Å².